The lowest BCUT2D eigenvalue weighted by Crippen LogP contribution is -2.41. The molecule has 30 heavy (non-hydrogen) atoms. The van der Waals surface area contributed by atoms with Gasteiger partial charge in [-0.1, -0.05) is 79.7 Å². The lowest BCUT2D eigenvalue weighted by molar-refractivity contribution is 0.399. The molecule has 7 heteroatoms. The van der Waals surface area contributed by atoms with E-state index in [9.17, 15) is 20.1 Å². The molecule has 0 bridgehead atoms. The van der Waals surface area contributed by atoms with Crippen molar-refractivity contribution in [1.82, 2.24) is 0 Å². The first kappa shape index (κ1) is 22.9. The zero-order valence-corrected chi connectivity index (χ0v) is 19.2. The van der Waals surface area contributed by atoms with E-state index in [1.54, 1.807) is 12.1 Å². The van der Waals surface area contributed by atoms with Gasteiger partial charge in [0.15, 0.2) is 0 Å². The topological polar surface area (TPSA) is 90.2 Å². The number of rotatable bonds is 2. The van der Waals surface area contributed by atoms with Crippen molar-refractivity contribution in [3.8, 4) is 11.5 Å². The average Bonchev–Trinajstić information content (AvgIpc) is 2.58. The summed E-state index contributed by atoms with van der Waals surface area (Å²) in [7, 11) is -3.43. The third-order valence-corrected chi connectivity index (χ3v) is 6.07. The van der Waals surface area contributed by atoms with Crippen LogP contribution in [-0.4, -0.2) is 34.3 Å². The minimum atomic E-state index is -1.71. The molecular formula is C23H32B2O5. The van der Waals surface area contributed by atoms with E-state index in [-0.39, 0.29) is 21.8 Å². The van der Waals surface area contributed by atoms with Crippen LogP contribution in [0.4, 0.5) is 0 Å². The summed E-state index contributed by atoms with van der Waals surface area (Å²) in [5.74, 6) is 0.724. The van der Waals surface area contributed by atoms with E-state index in [1.807, 2.05) is 13.8 Å². The first-order valence-electron chi connectivity index (χ1n) is 10.3. The third kappa shape index (κ3) is 3.80. The summed E-state index contributed by atoms with van der Waals surface area (Å²) in [6.07, 6.45) is 0. The molecule has 0 fully saturated rings. The van der Waals surface area contributed by atoms with Crippen LogP contribution >= 0.6 is 0 Å². The highest BCUT2D eigenvalue weighted by Gasteiger charge is 2.41. The quantitative estimate of drug-likeness (QED) is 0.570. The number of hydrogen-bond acceptors (Lipinski definition) is 5. The van der Waals surface area contributed by atoms with Crippen molar-refractivity contribution in [1.29, 1.82) is 0 Å². The highest BCUT2D eigenvalue weighted by molar-refractivity contribution is 6.60. The van der Waals surface area contributed by atoms with Crippen molar-refractivity contribution in [3.63, 3.8) is 0 Å². The molecule has 0 amide bonds. The molecule has 0 atom stereocenters. The van der Waals surface area contributed by atoms with Crippen molar-refractivity contribution >= 4 is 25.2 Å². The summed E-state index contributed by atoms with van der Waals surface area (Å²) in [6, 6.07) is 7.62. The Balaban J connectivity index is 2.38. The molecule has 0 radical (unpaired) electrons. The molecule has 0 aliphatic carbocycles. The Kier molecular flexibility index (Phi) is 5.44. The molecule has 0 saturated carbocycles. The van der Waals surface area contributed by atoms with E-state index in [0.29, 0.717) is 11.5 Å². The fourth-order valence-electron chi connectivity index (χ4n) is 3.96. The predicted octanol–water partition coefficient (Wildman–Crippen LogP) is 2.07. The fraction of sp³-hybridized carbons (Fsp3) is 0.478. The molecule has 4 N–H and O–H groups in total. The Hall–Kier alpha value is -1.79. The number of ether oxygens (including phenoxy) is 1. The van der Waals surface area contributed by atoms with E-state index >= 15 is 0 Å². The van der Waals surface area contributed by atoms with Gasteiger partial charge in [-0.05, 0) is 22.0 Å². The fourth-order valence-corrected chi connectivity index (χ4v) is 3.96. The van der Waals surface area contributed by atoms with Crippen LogP contribution in [-0.2, 0) is 16.2 Å². The molecule has 160 valence electrons. The summed E-state index contributed by atoms with van der Waals surface area (Å²) >= 11 is 0. The molecule has 1 aliphatic rings. The normalized spacial score (nSPS) is 15.2. The SMILES string of the molecule is CC(C)(C)c1cc(B(O)O)c2c(c1)C(C)(C)c1cc(C(C)(C)C)cc(B(O)O)c1O2. The predicted molar refractivity (Wildman–Crippen MR) is 122 cm³/mol. The van der Waals surface area contributed by atoms with Gasteiger partial charge in [-0.3, -0.25) is 0 Å². The van der Waals surface area contributed by atoms with Gasteiger partial charge in [0.25, 0.3) is 0 Å². The molecule has 0 aromatic heterocycles. The Labute approximate surface area is 180 Å². The van der Waals surface area contributed by atoms with E-state index in [0.717, 1.165) is 22.3 Å². The van der Waals surface area contributed by atoms with Crippen LogP contribution in [0.5, 0.6) is 11.5 Å². The summed E-state index contributed by atoms with van der Waals surface area (Å²) in [5, 5.41) is 40.4. The van der Waals surface area contributed by atoms with Crippen molar-refractivity contribution in [2.75, 3.05) is 0 Å². The Bertz CT molecular complexity index is 905. The zero-order chi connectivity index (χ0) is 22.8. The Morgan fingerprint density at radius 3 is 1.27 bits per heavy atom. The van der Waals surface area contributed by atoms with Crippen molar-refractivity contribution in [3.05, 3.63) is 46.5 Å². The first-order valence-corrected chi connectivity index (χ1v) is 10.3. The summed E-state index contributed by atoms with van der Waals surface area (Å²) in [5.41, 5.74) is 3.22. The summed E-state index contributed by atoms with van der Waals surface area (Å²) < 4.78 is 6.19. The maximum atomic E-state index is 10.1. The molecule has 1 aliphatic heterocycles. The number of hydrogen-bond donors (Lipinski definition) is 4. The van der Waals surface area contributed by atoms with Gasteiger partial charge in [-0.15, -0.1) is 0 Å². The first-order chi connectivity index (χ1) is 13.5. The monoisotopic (exact) mass is 410 g/mol. The third-order valence-electron chi connectivity index (χ3n) is 6.07. The second-order valence-electron chi connectivity index (χ2n) is 10.9. The van der Waals surface area contributed by atoms with Crippen LogP contribution < -0.4 is 15.7 Å². The van der Waals surface area contributed by atoms with Crippen LogP contribution in [0.3, 0.4) is 0 Å². The van der Waals surface area contributed by atoms with Gasteiger partial charge in [-0.2, -0.15) is 0 Å². The maximum absolute atomic E-state index is 10.1. The Morgan fingerprint density at radius 1 is 0.667 bits per heavy atom. The molecule has 0 unspecified atom stereocenters. The molecule has 0 spiro atoms. The van der Waals surface area contributed by atoms with Gasteiger partial charge in [0, 0.05) is 27.5 Å². The molecule has 2 aromatic carbocycles. The van der Waals surface area contributed by atoms with Gasteiger partial charge < -0.3 is 24.8 Å². The summed E-state index contributed by atoms with van der Waals surface area (Å²) in [4.78, 5) is 0. The lowest BCUT2D eigenvalue weighted by Gasteiger charge is -2.39. The van der Waals surface area contributed by atoms with Crippen LogP contribution in [0.25, 0.3) is 0 Å². The molecule has 0 saturated heterocycles. The molecule has 5 nitrogen and oxygen atoms in total. The van der Waals surface area contributed by atoms with Crippen LogP contribution in [0, 0.1) is 0 Å². The van der Waals surface area contributed by atoms with Gasteiger partial charge in [0.1, 0.15) is 11.5 Å². The van der Waals surface area contributed by atoms with Gasteiger partial charge in [0.2, 0.25) is 0 Å². The molecule has 2 aromatic rings. The maximum Gasteiger partial charge on any atom is 0.492 e. The second kappa shape index (κ2) is 7.13. The largest absolute Gasteiger partial charge is 0.492 e. The van der Waals surface area contributed by atoms with Gasteiger partial charge in [0.05, 0.1) is 0 Å². The molecular weight excluding hydrogens is 378 g/mol. The van der Waals surface area contributed by atoms with E-state index in [4.69, 9.17) is 4.74 Å². The van der Waals surface area contributed by atoms with Crippen LogP contribution in [0.2, 0.25) is 0 Å². The zero-order valence-electron chi connectivity index (χ0n) is 19.2. The minimum absolute atomic E-state index is 0.200. The highest BCUT2D eigenvalue weighted by atomic mass is 16.5. The van der Waals surface area contributed by atoms with Gasteiger partial charge in [-0.25, -0.2) is 0 Å². The summed E-state index contributed by atoms with van der Waals surface area (Å²) in [6.45, 7) is 16.5. The lowest BCUT2D eigenvalue weighted by atomic mass is 9.65. The van der Waals surface area contributed by atoms with E-state index < -0.39 is 19.7 Å². The van der Waals surface area contributed by atoms with E-state index in [1.165, 1.54) is 0 Å². The van der Waals surface area contributed by atoms with Crippen LogP contribution in [0.1, 0.15) is 77.6 Å². The second-order valence-corrected chi connectivity index (χ2v) is 10.9. The standard InChI is InChI=1S/C23H32B2O5/c1-21(2,3)13-9-15-19(17(11-13)24(26)27)30-20-16(23(15,7)8)10-14(22(4,5)6)12-18(20)25(28)29/h9-12,26-29H,1-8H3. The average molecular weight is 410 g/mol. The molecule has 1 heterocycles. The highest BCUT2D eigenvalue weighted by Crippen LogP contribution is 2.48. The smallest absolute Gasteiger partial charge is 0.457 e. The number of fused-ring (bicyclic) bond motifs is 2. The van der Waals surface area contributed by atoms with E-state index in [2.05, 4.69) is 53.7 Å². The number of benzene rings is 2. The van der Waals surface area contributed by atoms with Crippen molar-refractivity contribution < 1.29 is 24.8 Å². The van der Waals surface area contributed by atoms with Crippen molar-refractivity contribution in [2.24, 2.45) is 0 Å². The van der Waals surface area contributed by atoms with Crippen molar-refractivity contribution in [2.45, 2.75) is 71.6 Å². The minimum Gasteiger partial charge on any atom is -0.457 e. The molecule has 3 rings (SSSR count). The van der Waals surface area contributed by atoms with Crippen LogP contribution in [0.15, 0.2) is 24.3 Å². The Morgan fingerprint density at radius 2 is 1.00 bits per heavy atom. The van der Waals surface area contributed by atoms with Gasteiger partial charge >= 0.3 is 14.2 Å².